The van der Waals surface area contributed by atoms with Gasteiger partial charge in [-0.2, -0.15) is 0 Å². The molecule has 2 aromatic rings. The Morgan fingerprint density at radius 3 is 2.77 bits per heavy atom. The van der Waals surface area contributed by atoms with Crippen molar-refractivity contribution in [3.05, 3.63) is 30.6 Å². The smallest absolute Gasteiger partial charge is 0.143 e. The van der Waals surface area contributed by atoms with Crippen LogP contribution in [0.2, 0.25) is 0 Å². The molecular formula is C8H9N5. The van der Waals surface area contributed by atoms with E-state index in [1.807, 2.05) is 17.7 Å². The number of nitrogens with zero attached hydrogens (tertiary/aromatic N) is 4. The molecule has 0 fully saturated rings. The Labute approximate surface area is 75.3 Å². The first-order chi connectivity index (χ1) is 6.27. The molecule has 2 aromatic heterocycles. The summed E-state index contributed by atoms with van der Waals surface area (Å²) in [5.74, 6) is 2.07. The maximum absolute atomic E-state index is 5.53. The molecule has 13 heavy (non-hydrogen) atoms. The minimum Gasteiger partial charge on any atom is -0.384 e. The Hall–Kier alpha value is -1.91. The lowest BCUT2D eigenvalue weighted by atomic mass is 10.5. The monoisotopic (exact) mass is 175 g/mol. The molecule has 0 aliphatic heterocycles. The number of nitrogen functional groups attached to an aromatic ring is 1. The lowest BCUT2D eigenvalue weighted by Crippen LogP contribution is -2.01. The van der Waals surface area contributed by atoms with Gasteiger partial charge < -0.3 is 5.73 Å². The van der Waals surface area contributed by atoms with Crippen molar-refractivity contribution in [1.29, 1.82) is 0 Å². The van der Waals surface area contributed by atoms with E-state index in [9.17, 15) is 0 Å². The summed E-state index contributed by atoms with van der Waals surface area (Å²) < 4.78 is 1.85. The third-order valence-corrected chi connectivity index (χ3v) is 1.75. The Balaban J connectivity index is 2.53. The highest BCUT2D eigenvalue weighted by Gasteiger charge is 2.01. The van der Waals surface area contributed by atoms with E-state index >= 15 is 0 Å². The van der Waals surface area contributed by atoms with E-state index in [-0.39, 0.29) is 0 Å². The van der Waals surface area contributed by atoms with Crippen molar-refractivity contribution < 1.29 is 0 Å². The topological polar surface area (TPSA) is 69.6 Å². The van der Waals surface area contributed by atoms with Gasteiger partial charge >= 0.3 is 0 Å². The third-order valence-electron chi connectivity index (χ3n) is 1.75. The predicted molar refractivity (Wildman–Crippen MR) is 48.3 cm³/mol. The average Bonchev–Trinajstić information content (AvgIpc) is 2.51. The second kappa shape index (κ2) is 2.85. The Morgan fingerprint density at radius 2 is 2.15 bits per heavy atom. The van der Waals surface area contributed by atoms with Crippen LogP contribution in [0, 0.1) is 6.92 Å². The van der Waals surface area contributed by atoms with Gasteiger partial charge in [0.1, 0.15) is 23.8 Å². The first kappa shape index (κ1) is 7.72. The first-order valence-corrected chi connectivity index (χ1v) is 3.85. The number of imidazole rings is 1. The van der Waals surface area contributed by atoms with Gasteiger partial charge in [-0.05, 0) is 6.92 Å². The van der Waals surface area contributed by atoms with Crippen molar-refractivity contribution in [3.63, 3.8) is 0 Å². The number of hydrogen-bond donors (Lipinski definition) is 1. The zero-order chi connectivity index (χ0) is 9.26. The molecule has 0 aliphatic rings. The van der Waals surface area contributed by atoms with E-state index in [4.69, 9.17) is 5.73 Å². The van der Waals surface area contributed by atoms with Crippen LogP contribution in [0.25, 0.3) is 5.82 Å². The standard InChI is InChI=1S/C8H9N5/c1-6-10-2-3-13(6)8-4-7(9)11-5-12-8/h2-5H,1H3,(H2,9,11,12). The Kier molecular flexibility index (Phi) is 1.70. The van der Waals surface area contributed by atoms with Crippen LogP contribution in [-0.4, -0.2) is 19.5 Å². The van der Waals surface area contributed by atoms with E-state index in [1.54, 1.807) is 12.3 Å². The molecule has 0 saturated heterocycles. The molecule has 2 heterocycles. The molecule has 0 saturated carbocycles. The summed E-state index contributed by atoms with van der Waals surface area (Å²) in [6, 6.07) is 1.70. The number of hydrogen-bond acceptors (Lipinski definition) is 4. The lowest BCUT2D eigenvalue weighted by molar-refractivity contribution is 0.922. The van der Waals surface area contributed by atoms with Gasteiger partial charge in [-0.1, -0.05) is 0 Å². The van der Waals surface area contributed by atoms with Gasteiger partial charge in [-0.15, -0.1) is 0 Å². The fourth-order valence-electron chi connectivity index (χ4n) is 1.11. The van der Waals surface area contributed by atoms with E-state index in [1.165, 1.54) is 6.33 Å². The molecule has 0 aliphatic carbocycles. The van der Waals surface area contributed by atoms with Gasteiger partial charge in [0.15, 0.2) is 0 Å². The number of nitrogens with two attached hydrogens (primary N) is 1. The molecular weight excluding hydrogens is 166 g/mol. The molecule has 5 nitrogen and oxygen atoms in total. The zero-order valence-electron chi connectivity index (χ0n) is 7.18. The molecule has 5 heteroatoms. The van der Waals surface area contributed by atoms with E-state index in [2.05, 4.69) is 15.0 Å². The second-order valence-corrected chi connectivity index (χ2v) is 2.65. The van der Waals surface area contributed by atoms with Gasteiger partial charge in [0.2, 0.25) is 0 Å². The van der Waals surface area contributed by atoms with Crippen LogP contribution < -0.4 is 5.73 Å². The predicted octanol–water partition coefficient (Wildman–Crippen LogP) is 0.553. The van der Waals surface area contributed by atoms with Crippen molar-refractivity contribution in [3.8, 4) is 5.82 Å². The quantitative estimate of drug-likeness (QED) is 0.687. The normalized spacial score (nSPS) is 10.2. The second-order valence-electron chi connectivity index (χ2n) is 2.65. The number of rotatable bonds is 1. The van der Waals surface area contributed by atoms with Crippen molar-refractivity contribution in [2.45, 2.75) is 6.92 Å². The highest BCUT2D eigenvalue weighted by atomic mass is 15.1. The van der Waals surface area contributed by atoms with Crippen LogP contribution >= 0.6 is 0 Å². The highest BCUT2D eigenvalue weighted by molar-refractivity contribution is 5.36. The number of aromatic nitrogens is 4. The van der Waals surface area contributed by atoms with Crippen LogP contribution in [0.5, 0.6) is 0 Å². The molecule has 0 aromatic carbocycles. The van der Waals surface area contributed by atoms with Gasteiger partial charge in [-0.3, -0.25) is 4.57 Å². The van der Waals surface area contributed by atoms with Crippen LogP contribution in [0.1, 0.15) is 5.82 Å². The highest BCUT2D eigenvalue weighted by Crippen LogP contribution is 2.07. The molecule has 2 N–H and O–H groups in total. The maximum atomic E-state index is 5.53. The van der Waals surface area contributed by atoms with Crippen LogP contribution in [0.15, 0.2) is 24.8 Å². The minimum atomic E-state index is 0.457. The molecule has 66 valence electrons. The minimum absolute atomic E-state index is 0.457. The van der Waals surface area contributed by atoms with Gasteiger partial charge in [0.05, 0.1) is 0 Å². The van der Waals surface area contributed by atoms with Crippen molar-refractivity contribution in [2.75, 3.05) is 5.73 Å². The maximum Gasteiger partial charge on any atom is 0.143 e. The summed E-state index contributed by atoms with van der Waals surface area (Å²) in [6.07, 6.45) is 4.98. The first-order valence-electron chi connectivity index (χ1n) is 3.85. The zero-order valence-corrected chi connectivity index (χ0v) is 7.18. The summed E-state index contributed by atoms with van der Waals surface area (Å²) in [5, 5.41) is 0. The summed E-state index contributed by atoms with van der Waals surface area (Å²) in [4.78, 5) is 12.0. The summed E-state index contributed by atoms with van der Waals surface area (Å²) in [6.45, 7) is 1.90. The van der Waals surface area contributed by atoms with Crippen LogP contribution in [-0.2, 0) is 0 Å². The molecule has 0 atom stereocenters. The Morgan fingerprint density at radius 1 is 1.31 bits per heavy atom. The van der Waals surface area contributed by atoms with Gasteiger partial charge in [0, 0.05) is 18.5 Å². The molecule has 0 bridgehead atoms. The number of aryl methyl sites for hydroxylation is 1. The summed E-state index contributed by atoms with van der Waals surface area (Å²) in [5.41, 5.74) is 5.53. The molecule has 0 amide bonds. The van der Waals surface area contributed by atoms with Crippen molar-refractivity contribution in [2.24, 2.45) is 0 Å². The molecule has 2 rings (SSSR count). The van der Waals surface area contributed by atoms with Crippen molar-refractivity contribution >= 4 is 5.82 Å². The summed E-state index contributed by atoms with van der Waals surface area (Å²) >= 11 is 0. The van der Waals surface area contributed by atoms with Crippen LogP contribution in [0.4, 0.5) is 5.82 Å². The van der Waals surface area contributed by atoms with Crippen molar-refractivity contribution in [1.82, 2.24) is 19.5 Å². The fourth-order valence-corrected chi connectivity index (χ4v) is 1.11. The van der Waals surface area contributed by atoms with E-state index < -0.39 is 0 Å². The van der Waals surface area contributed by atoms with Gasteiger partial charge in [0.25, 0.3) is 0 Å². The van der Waals surface area contributed by atoms with E-state index in [0.717, 1.165) is 11.6 Å². The largest absolute Gasteiger partial charge is 0.384 e. The molecule has 0 radical (unpaired) electrons. The lowest BCUT2D eigenvalue weighted by Gasteiger charge is -2.02. The van der Waals surface area contributed by atoms with Gasteiger partial charge in [-0.25, -0.2) is 15.0 Å². The number of anilines is 1. The van der Waals surface area contributed by atoms with Crippen LogP contribution in [0.3, 0.4) is 0 Å². The SMILES string of the molecule is Cc1nccn1-c1cc(N)ncn1. The average molecular weight is 175 g/mol. The fraction of sp³-hybridized carbons (Fsp3) is 0.125. The molecule has 0 unspecified atom stereocenters. The van der Waals surface area contributed by atoms with E-state index in [0.29, 0.717) is 5.82 Å². The third kappa shape index (κ3) is 1.35. The molecule has 0 spiro atoms. The Bertz CT molecular complexity index is 420. The summed E-state index contributed by atoms with van der Waals surface area (Å²) in [7, 11) is 0.